The van der Waals surface area contributed by atoms with E-state index in [1.54, 1.807) is 17.0 Å². The molecule has 0 spiro atoms. The molecule has 2 amide bonds. The Morgan fingerprint density at radius 1 is 1.00 bits per heavy atom. The first-order chi connectivity index (χ1) is 12.9. The van der Waals surface area contributed by atoms with E-state index in [9.17, 15) is 18.4 Å². The Labute approximate surface area is 160 Å². The first-order valence-corrected chi connectivity index (χ1v) is 8.83. The van der Waals surface area contributed by atoms with Crippen molar-refractivity contribution in [2.45, 2.75) is 6.42 Å². The zero-order valence-electron chi connectivity index (χ0n) is 14.4. The van der Waals surface area contributed by atoms with Gasteiger partial charge >= 0.3 is 0 Å². The number of hydrogen-bond donors (Lipinski definition) is 1. The number of carbonyl (C=O) groups excluding carboxylic acids is 2. The number of nitrogens with zero attached hydrogens (tertiary/aromatic N) is 2. The summed E-state index contributed by atoms with van der Waals surface area (Å²) in [4.78, 5) is 28.0. The smallest absolute Gasteiger partial charge is 0.233 e. The summed E-state index contributed by atoms with van der Waals surface area (Å²) in [5.74, 6) is -1.63. The Hall–Kier alpha value is -2.67. The third kappa shape index (κ3) is 4.95. The van der Waals surface area contributed by atoms with E-state index >= 15 is 0 Å². The molecule has 0 radical (unpaired) electrons. The number of amides is 2. The predicted molar refractivity (Wildman–Crippen MR) is 99.8 cm³/mol. The molecule has 1 fully saturated rings. The minimum Gasteiger partial charge on any atom is -0.368 e. The van der Waals surface area contributed by atoms with E-state index in [1.807, 2.05) is 0 Å². The van der Waals surface area contributed by atoms with Gasteiger partial charge in [-0.05, 0) is 42.5 Å². The first-order valence-electron chi connectivity index (χ1n) is 8.45. The molecule has 27 heavy (non-hydrogen) atoms. The van der Waals surface area contributed by atoms with Crippen LogP contribution < -0.4 is 10.2 Å². The van der Waals surface area contributed by atoms with Crippen LogP contribution in [0.3, 0.4) is 0 Å². The number of piperazine rings is 1. The standard InChI is InChI=1S/C19H18ClF2N3O2/c20-16-11-14(3-6-17(16)22)23-18(26)12-19(27)25-9-7-24(8-10-25)15-4-1-13(21)2-5-15/h1-6,11H,7-10,12H2,(H,23,26). The van der Waals surface area contributed by atoms with Crippen molar-refractivity contribution in [3.05, 3.63) is 59.1 Å². The minimum absolute atomic E-state index is 0.101. The summed E-state index contributed by atoms with van der Waals surface area (Å²) in [6.45, 7) is 2.16. The van der Waals surface area contributed by atoms with Gasteiger partial charge in [-0.2, -0.15) is 0 Å². The molecular formula is C19H18ClF2N3O2. The molecule has 0 unspecified atom stereocenters. The van der Waals surface area contributed by atoms with Gasteiger partial charge in [-0.3, -0.25) is 9.59 Å². The number of benzene rings is 2. The fourth-order valence-electron chi connectivity index (χ4n) is 2.89. The van der Waals surface area contributed by atoms with Crippen LogP contribution >= 0.6 is 11.6 Å². The molecule has 0 saturated carbocycles. The fraction of sp³-hybridized carbons (Fsp3) is 0.263. The molecule has 3 rings (SSSR count). The fourth-order valence-corrected chi connectivity index (χ4v) is 3.07. The molecule has 1 aliphatic rings. The van der Waals surface area contributed by atoms with Crippen molar-refractivity contribution in [2.75, 3.05) is 36.4 Å². The van der Waals surface area contributed by atoms with Crippen molar-refractivity contribution in [1.82, 2.24) is 4.90 Å². The zero-order valence-corrected chi connectivity index (χ0v) is 15.2. The maximum atomic E-state index is 13.1. The lowest BCUT2D eigenvalue weighted by atomic mass is 10.2. The van der Waals surface area contributed by atoms with Crippen LogP contribution in [-0.4, -0.2) is 42.9 Å². The van der Waals surface area contributed by atoms with E-state index in [-0.39, 0.29) is 23.2 Å². The van der Waals surface area contributed by atoms with E-state index in [0.717, 1.165) is 11.8 Å². The highest BCUT2D eigenvalue weighted by Gasteiger charge is 2.23. The Morgan fingerprint density at radius 3 is 2.30 bits per heavy atom. The second-order valence-electron chi connectivity index (χ2n) is 6.20. The van der Waals surface area contributed by atoms with Crippen LogP contribution in [0.25, 0.3) is 0 Å². The molecule has 8 heteroatoms. The molecule has 2 aromatic rings. The molecule has 142 valence electrons. The maximum absolute atomic E-state index is 13.1. The number of hydrogen-bond acceptors (Lipinski definition) is 3. The minimum atomic E-state index is -0.579. The molecule has 1 heterocycles. The lowest BCUT2D eigenvalue weighted by molar-refractivity contribution is -0.134. The molecule has 0 aromatic heterocycles. The van der Waals surface area contributed by atoms with E-state index in [0.29, 0.717) is 31.9 Å². The third-order valence-electron chi connectivity index (χ3n) is 4.34. The highest BCUT2D eigenvalue weighted by molar-refractivity contribution is 6.31. The summed E-state index contributed by atoms with van der Waals surface area (Å²) in [5.41, 5.74) is 1.23. The van der Waals surface area contributed by atoms with E-state index in [2.05, 4.69) is 10.2 Å². The summed E-state index contributed by atoms with van der Waals surface area (Å²) < 4.78 is 26.1. The average molecular weight is 394 g/mol. The van der Waals surface area contributed by atoms with Crippen LogP contribution in [0.15, 0.2) is 42.5 Å². The SMILES string of the molecule is O=C(CC(=O)N1CCN(c2ccc(F)cc2)CC1)Nc1ccc(F)c(Cl)c1. The number of carbonyl (C=O) groups is 2. The van der Waals surface area contributed by atoms with Crippen LogP contribution in [0, 0.1) is 11.6 Å². The van der Waals surface area contributed by atoms with Gasteiger partial charge in [0, 0.05) is 37.6 Å². The van der Waals surface area contributed by atoms with Crippen molar-refractivity contribution < 1.29 is 18.4 Å². The van der Waals surface area contributed by atoms with E-state index < -0.39 is 11.7 Å². The van der Waals surface area contributed by atoms with Crippen LogP contribution in [0.5, 0.6) is 0 Å². The monoisotopic (exact) mass is 393 g/mol. The molecule has 1 N–H and O–H groups in total. The second kappa shape index (κ2) is 8.35. The third-order valence-corrected chi connectivity index (χ3v) is 4.63. The Bertz CT molecular complexity index is 837. The predicted octanol–water partition coefficient (Wildman–Crippen LogP) is 3.30. The largest absolute Gasteiger partial charge is 0.368 e. The summed E-state index contributed by atoms with van der Waals surface area (Å²) >= 11 is 5.67. The Morgan fingerprint density at radius 2 is 1.67 bits per heavy atom. The molecule has 2 aromatic carbocycles. The molecule has 1 aliphatic heterocycles. The lowest BCUT2D eigenvalue weighted by Gasteiger charge is -2.36. The van der Waals surface area contributed by atoms with Crippen LogP contribution in [0.1, 0.15) is 6.42 Å². The zero-order chi connectivity index (χ0) is 19.4. The molecule has 0 bridgehead atoms. The van der Waals surface area contributed by atoms with Gasteiger partial charge in [-0.15, -0.1) is 0 Å². The van der Waals surface area contributed by atoms with Crippen molar-refractivity contribution in [2.24, 2.45) is 0 Å². The van der Waals surface area contributed by atoms with Crippen molar-refractivity contribution in [3.8, 4) is 0 Å². The van der Waals surface area contributed by atoms with Crippen molar-refractivity contribution in [3.63, 3.8) is 0 Å². The topological polar surface area (TPSA) is 52.7 Å². The van der Waals surface area contributed by atoms with Gasteiger partial charge in [0.2, 0.25) is 11.8 Å². The maximum Gasteiger partial charge on any atom is 0.233 e. The van der Waals surface area contributed by atoms with Gasteiger partial charge in [0.25, 0.3) is 0 Å². The first kappa shape index (κ1) is 19.1. The van der Waals surface area contributed by atoms with Crippen LogP contribution in [-0.2, 0) is 9.59 Å². The average Bonchev–Trinajstić information content (AvgIpc) is 2.65. The van der Waals surface area contributed by atoms with Gasteiger partial charge < -0.3 is 15.1 Å². The van der Waals surface area contributed by atoms with E-state index in [1.165, 1.54) is 24.3 Å². The van der Waals surface area contributed by atoms with Gasteiger partial charge in [-0.25, -0.2) is 8.78 Å². The Kier molecular flexibility index (Phi) is 5.91. The van der Waals surface area contributed by atoms with Crippen molar-refractivity contribution in [1.29, 1.82) is 0 Å². The van der Waals surface area contributed by atoms with E-state index in [4.69, 9.17) is 11.6 Å². The summed E-state index contributed by atoms with van der Waals surface area (Å²) in [7, 11) is 0. The second-order valence-corrected chi connectivity index (χ2v) is 6.61. The number of nitrogens with one attached hydrogen (secondary N) is 1. The van der Waals surface area contributed by atoms with Crippen LogP contribution in [0.2, 0.25) is 5.02 Å². The highest BCUT2D eigenvalue weighted by Crippen LogP contribution is 2.20. The van der Waals surface area contributed by atoms with Gasteiger partial charge in [0.1, 0.15) is 18.1 Å². The normalized spacial score (nSPS) is 14.2. The summed E-state index contributed by atoms with van der Waals surface area (Å²) in [6.07, 6.45) is -0.300. The van der Waals surface area contributed by atoms with Crippen LogP contribution in [0.4, 0.5) is 20.2 Å². The number of anilines is 2. The molecular weight excluding hydrogens is 376 g/mol. The van der Waals surface area contributed by atoms with Crippen molar-refractivity contribution >= 4 is 34.8 Å². The summed E-state index contributed by atoms with van der Waals surface area (Å²) in [6, 6.07) is 10.0. The van der Waals surface area contributed by atoms with Gasteiger partial charge in [0.05, 0.1) is 5.02 Å². The molecule has 5 nitrogen and oxygen atoms in total. The number of rotatable bonds is 4. The molecule has 0 aliphatic carbocycles. The Balaban J connectivity index is 1.49. The highest BCUT2D eigenvalue weighted by atomic mass is 35.5. The quantitative estimate of drug-likeness (QED) is 0.811. The van der Waals surface area contributed by atoms with Gasteiger partial charge in [-0.1, -0.05) is 11.6 Å². The molecule has 1 saturated heterocycles. The van der Waals surface area contributed by atoms with Gasteiger partial charge in [0.15, 0.2) is 0 Å². The lowest BCUT2D eigenvalue weighted by Crippen LogP contribution is -2.49. The molecule has 0 atom stereocenters. The summed E-state index contributed by atoms with van der Waals surface area (Å²) in [5, 5.41) is 2.44. The number of halogens is 3.